The van der Waals surface area contributed by atoms with Gasteiger partial charge >= 0.3 is 0 Å². The predicted octanol–water partition coefficient (Wildman–Crippen LogP) is 2.32. The van der Waals surface area contributed by atoms with E-state index in [2.05, 4.69) is 25.4 Å². The highest BCUT2D eigenvalue weighted by Crippen LogP contribution is 2.16. The van der Waals surface area contributed by atoms with Crippen LogP contribution >= 0.6 is 0 Å². The zero-order valence-corrected chi connectivity index (χ0v) is 12.5. The van der Waals surface area contributed by atoms with Crippen LogP contribution in [0.2, 0.25) is 0 Å². The van der Waals surface area contributed by atoms with Gasteiger partial charge in [0.25, 0.3) is 0 Å². The van der Waals surface area contributed by atoms with E-state index in [1.54, 1.807) is 17.1 Å². The second-order valence-corrected chi connectivity index (χ2v) is 5.02. The Balaban J connectivity index is 1.55. The lowest BCUT2D eigenvalue weighted by Gasteiger charge is -2.05. The monoisotopic (exact) mass is 294 g/mol. The molecule has 6 nitrogen and oxygen atoms in total. The molecule has 0 bridgehead atoms. The van der Waals surface area contributed by atoms with Gasteiger partial charge in [-0.1, -0.05) is 6.07 Å². The van der Waals surface area contributed by atoms with Crippen molar-refractivity contribution < 1.29 is 0 Å². The molecule has 1 N–H and O–H groups in total. The molecule has 3 rings (SSSR count). The first-order valence-corrected chi connectivity index (χ1v) is 7.27. The molecule has 0 aromatic carbocycles. The summed E-state index contributed by atoms with van der Waals surface area (Å²) in [6.07, 6.45) is 9.24. The molecule has 3 heterocycles. The van der Waals surface area contributed by atoms with Crippen molar-refractivity contribution in [3.05, 3.63) is 54.7 Å². The molecule has 0 atom stereocenters. The zero-order chi connectivity index (χ0) is 15.2. The highest BCUT2D eigenvalue weighted by atomic mass is 15.2. The van der Waals surface area contributed by atoms with Gasteiger partial charge < -0.3 is 5.32 Å². The van der Waals surface area contributed by atoms with Gasteiger partial charge in [-0.3, -0.25) is 9.67 Å². The lowest BCUT2D eigenvalue weighted by molar-refractivity contribution is 0.768. The average Bonchev–Trinajstić information content (AvgIpc) is 3.00. The maximum Gasteiger partial charge on any atom is 0.223 e. The Morgan fingerprint density at radius 3 is 2.86 bits per heavy atom. The van der Waals surface area contributed by atoms with E-state index >= 15 is 0 Å². The highest BCUT2D eigenvalue weighted by Gasteiger charge is 2.04. The van der Waals surface area contributed by atoms with Crippen LogP contribution in [0.5, 0.6) is 0 Å². The van der Waals surface area contributed by atoms with E-state index < -0.39 is 0 Å². The second kappa shape index (κ2) is 6.80. The van der Waals surface area contributed by atoms with Gasteiger partial charge in [-0.25, -0.2) is 9.97 Å². The summed E-state index contributed by atoms with van der Waals surface area (Å²) in [7, 11) is 1.89. The number of hydrogen-bond acceptors (Lipinski definition) is 5. The summed E-state index contributed by atoms with van der Waals surface area (Å²) >= 11 is 0. The molecule has 0 unspecified atom stereocenters. The number of anilines is 1. The van der Waals surface area contributed by atoms with Gasteiger partial charge in [-0.2, -0.15) is 5.10 Å². The Morgan fingerprint density at radius 2 is 2.09 bits per heavy atom. The van der Waals surface area contributed by atoms with Crippen molar-refractivity contribution in [3.8, 4) is 11.3 Å². The molecule has 0 aliphatic rings. The van der Waals surface area contributed by atoms with Gasteiger partial charge in [-0.15, -0.1) is 0 Å². The van der Waals surface area contributed by atoms with E-state index in [1.165, 1.54) is 0 Å². The van der Waals surface area contributed by atoms with E-state index in [0.29, 0.717) is 5.95 Å². The summed E-state index contributed by atoms with van der Waals surface area (Å²) in [6, 6.07) is 7.87. The fraction of sp³-hybridized carbons (Fsp3) is 0.250. The minimum Gasteiger partial charge on any atom is -0.354 e. The highest BCUT2D eigenvalue weighted by molar-refractivity contribution is 5.57. The van der Waals surface area contributed by atoms with Crippen molar-refractivity contribution in [2.75, 3.05) is 11.9 Å². The number of nitrogens with one attached hydrogen (secondary N) is 1. The smallest absolute Gasteiger partial charge is 0.223 e. The van der Waals surface area contributed by atoms with E-state index in [-0.39, 0.29) is 0 Å². The van der Waals surface area contributed by atoms with Crippen LogP contribution in [-0.2, 0) is 13.5 Å². The molecule has 0 amide bonds. The van der Waals surface area contributed by atoms with E-state index in [1.807, 2.05) is 43.7 Å². The van der Waals surface area contributed by atoms with Crippen LogP contribution in [0.25, 0.3) is 11.3 Å². The first kappa shape index (κ1) is 14.2. The van der Waals surface area contributed by atoms with Crippen LogP contribution in [0.1, 0.15) is 12.1 Å². The van der Waals surface area contributed by atoms with E-state index in [9.17, 15) is 0 Å². The topological polar surface area (TPSA) is 68.5 Å². The average molecular weight is 294 g/mol. The van der Waals surface area contributed by atoms with Crippen molar-refractivity contribution >= 4 is 5.95 Å². The second-order valence-electron chi connectivity index (χ2n) is 5.02. The molecule has 22 heavy (non-hydrogen) atoms. The van der Waals surface area contributed by atoms with Crippen LogP contribution in [0.15, 0.2) is 49.1 Å². The molecule has 3 aromatic rings. The minimum atomic E-state index is 0.641. The summed E-state index contributed by atoms with van der Waals surface area (Å²) in [5.41, 5.74) is 2.96. The van der Waals surface area contributed by atoms with Crippen LogP contribution in [0, 0.1) is 0 Å². The summed E-state index contributed by atoms with van der Waals surface area (Å²) < 4.78 is 1.76. The van der Waals surface area contributed by atoms with Crippen LogP contribution in [0.3, 0.4) is 0 Å². The van der Waals surface area contributed by atoms with Gasteiger partial charge in [0.15, 0.2) is 0 Å². The molecule has 0 saturated heterocycles. The maximum absolute atomic E-state index is 4.51. The van der Waals surface area contributed by atoms with Crippen molar-refractivity contribution in [1.82, 2.24) is 24.7 Å². The Labute approximate surface area is 129 Å². The number of nitrogens with zero attached hydrogens (tertiary/aromatic N) is 5. The molecular weight excluding hydrogens is 276 g/mol. The molecule has 0 radical (unpaired) electrons. The normalized spacial score (nSPS) is 10.6. The van der Waals surface area contributed by atoms with Crippen molar-refractivity contribution in [2.24, 2.45) is 7.05 Å². The number of aryl methyl sites for hydroxylation is 2. The lowest BCUT2D eigenvalue weighted by atomic mass is 10.2. The predicted molar refractivity (Wildman–Crippen MR) is 85.3 cm³/mol. The Morgan fingerprint density at radius 1 is 1.14 bits per heavy atom. The molecule has 0 aliphatic heterocycles. The van der Waals surface area contributed by atoms with Crippen LogP contribution in [-0.4, -0.2) is 31.3 Å². The first-order chi connectivity index (χ1) is 10.8. The van der Waals surface area contributed by atoms with Crippen LogP contribution in [0.4, 0.5) is 5.95 Å². The van der Waals surface area contributed by atoms with Gasteiger partial charge in [0.1, 0.15) is 0 Å². The van der Waals surface area contributed by atoms with Gasteiger partial charge in [0.05, 0.1) is 11.9 Å². The van der Waals surface area contributed by atoms with Gasteiger partial charge in [-0.05, 0) is 31.0 Å². The van der Waals surface area contributed by atoms with Crippen LogP contribution < -0.4 is 5.32 Å². The van der Waals surface area contributed by atoms with Crippen molar-refractivity contribution in [1.29, 1.82) is 0 Å². The van der Waals surface area contributed by atoms with Crippen molar-refractivity contribution in [3.63, 3.8) is 0 Å². The lowest BCUT2D eigenvalue weighted by Crippen LogP contribution is -2.07. The summed E-state index contributed by atoms with van der Waals surface area (Å²) in [5, 5.41) is 7.42. The van der Waals surface area contributed by atoms with Gasteiger partial charge in [0, 0.05) is 43.4 Å². The molecule has 6 heteroatoms. The molecule has 0 aliphatic carbocycles. The number of rotatable bonds is 6. The quantitative estimate of drug-likeness (QED) is 0.707. The summed E-state index contributed by atoms with van der Waals surface area (Å²) in [4.78, 5) is 13.1. The van der Waals surface area contributed by atoms with Gasteiger partial charge in [0.2, 0.25) is 5.95 Å². The Bertz CT molecular complexity index is 722. The number of pyridine rings is 1. The van der Waals surface area contributed by atoms with E-state index in [4.69, 9.17) is 0 Å². The Kier molecular flexibility index (Phi) is 4.38. The number of aromatic nitrogens is 5. The first-order valence-electron chi connectivity index (χ1n) is 7.27. The maximum atomic E-state index is 4.51. The van der Waals surface area contributed by atoms with E-state index in [0.717, 1.165) is 36.3 Å². The molecule has 0 spiro atoms. The molecule has 3 aromatic heterocycles. The third kappa shape index (κ3) is 3.66. The molecule has 0 saturated carbocycles. The standard InChI is InChI=1S/C16H18N6/c1-22-12-13(11-20-22)15-7-10-19-16(21-15)18-9-4-6-14-5-2-3-8-17-14/h2-3,5,7-8,10-12H,4,6,9H2,1H3,(H,18,19,21). The minimum absolute atomic E-state index is 0.641. The summed E-state index contributed by atoms with van der Waals surface area (Å²) in [5.74, 6) is 0.641. The summed E-state index contributed by atoms with van der Waals surface area (Å²) in [6.45, 7) is 0.813. The fourth-order valence-corrected chi connectivity index (χ4v) is 2.17. The largest absolute Gasteiger partial charge is 0.354 e. The third-order valence-electron chi connectivity index (χ3n) is 3.28. The Hall–Kier alpha value is -2.76. The third-order valence-corrected chi connectivity index (χ3v) is 3.28. The molecule has 0 fully saturated rings. The zero-order valence-electron chi connectivity index (χ0n) is 12.5. The van der Waals surface area contributed by atoms with Crippen molar-refractivity contribution in [2.45, 2.75) is 12.8 Å². The molecule has 112 valence electrons. The molecular formula is C16H18N6. The number of hydrogen-bond donors (Lipinski definition) is 1. The fourth-order valence-electron chi connectivity index (χ4n) is 2.17. The SMILES string of the molecule is Cn1cc(-c2ccnc(NCCCc3ccccn3)n2)cn1.